The molecule has 0 fully saturated rings. The van der Waals surface area contributed by atoms with E-state index in [0.717, 1.165) is 6.42 Å². The molecule has 3 N–H and O–H groups in total. The predicted octanol–water partition coefficient (Wildman–Crippen LogP) is 1.23. The van der Waals surface area contributed by atoms with E-state index in [1.807, 2.05) is 13.8 Å². The number of rotatable bonds is 6. The van der Waals surface area contributed by atoms with Crippen LogP contribution in [-0.4, -0.2) is 21.6 Å². The molecule has 1 aromatic carbocycles. The fraction of sp³-hybridized carbons (Fsp3) is 0.500. The van der Waals surface area contributed by atoms with Crippen molar-refractivity contribution in [3.63, 3.8) is 0 Å². The monoisotopic (exact) mass is 272 g/mol. The van der Waals surface area contributed by atoms with Crippen molar-refractivity contribution < 1.29 is 13.2 Å². The van der Waals surface area contributed by atoms with Gasteiger partial charge in [-0.15, -0.1) is 0 Å². The van der Waals surface area contributed by atoms with E-state index in [1.54, 1.807) is 12.1 Å². The average Bonchev–Trinajstić information content (AvgIpc) is 2.37. The lowest BCUT2D eigenvalue weighted by atomic mass is 10.2. The lowest BCUT2D eigenvalue weighted by Crippen LogP contribution is -2.32. The van der Waals surface area contributed by atoms with E-state index in [0.29, 0.717) is 11.3 Å². The maximum atomic E-state index is 12.1. The van der Waals surface area contributed by atoms with Gasteiger partial charge in [-0.2, -0.15) is 0 Å². The Morgan fingerprint density at radius 2 is 2.11 bits per heavy atom. The molecular formula is C12H20N2O3S. The van der Waals surface area contributed by atoms with Gasteiger partial charge in [0.05, 0.1) is 12.0 Å². The van der Waals surface area contributed by atoms with Crippen molar-refractivity contribution in [2.24, 2.45) is 5.73 Å². The lowest BCUT2D eigenvalue weighted by molar-refractivity contribution is 0.409. The zero-order chi connectivity index (χ0) is 13.8. The van der Waals surface area contributed by atoms with Crippen LogP contribution in [0.5, 0.6) is 5.75 Å². The van der Waals surface area contributed by atoms with E-state index in [-0.39, 0.29) is 17.5 Å². The van der Waals surface area contributed by atoms with E-state index in [2.05, 4.69) is 4.72 Å². The molecule has 0 bridgehead atoms. The van der Waals surface area contributed by atoms with Gasteiger partial charge in [0.2, 0.25) is 10.0 Å². The third-order valence-electron chi connectivity index (χ3n) is 2.75. The number of methoxy groups -OCH3 is 1. The molecule has 1 unspecified atom stereocenters. The molecule has 1 atom stereocenters. The topological polar surface area (TPSA) is 81.4 Å². The first-order chi connectivity index (χ1) is 8.44. The van der Waals surface area contributed by atoms with E-state index < -0.39 is 10.0 Å². The van der Waals surface area contributed by atoms with Gasteiger partial charge in [0, 0.05) is 18.2 Å². The van der Waals surface area contributed by atoms with Crippen molar-refractivity contribution in [2.75, 3.05) is 7.11 Å². The first-order valence-electron chi connectivity index (χ1n) is 5.84. The zero-order valence-electron chi connectivity index (χ0n) is 10.9. The summed E-state index contributed by atoms with van der Waals surface area (Å²) in [6, 6.07) is 4.58. The van der Waals surface area contributed by atoms with Crippen LogP contribution in [-0.2, 0) is 16.6 Å². The summed E-state index contributed by atoms with van der Waals surface area (Å²) in [5, 5.41) is 0. The van der Waals surface area contributed by atoms with Crippen LogP contribution < -0.4 is 15.2 Å². The van der Waals surface area contributed by atoms with Gasteiger partial charge in [0.1, 0.15) is 5.75 Å². The first kappa shape index (κ1) is 14.9. The van der Waals surface area contributed by atoms with Crippen LogP contribution in [0.25, 0.3) is 0 Å². The number of ether oxygens (including phenoxy) is 1. The summed E-state index contributed by atoms with van der Waals surface area (Å²) < 4.78 is 31.9. The summed E-state index contributed by atoms with van der Waals surface area (Å²) in [6.45, 7) is 3.98. The van der Waals surface area contributed by atoms with Gasteiger partial charge in [-0.25, -0.2) is 13.1 Å². The minimum absolute atomic E-state index is 0.0987. The maximum absolute atomic E-state index is 12.1. The molecular weight excluding hydrogens is 252 g/mol. The number of hydrogen-bond donors (Lipinski definition) is 2. The molecule has 0 saturated heterocycles. The van der Waals surface area contributed by atoms with Crippen LogP contribution in [0.2, 0.25) is 0 Å². The lowest BCUT2D eigenvalue weighted by Gasteiger charge is -2.14. The standard InChI is InChI=1S/C12H20N2O3S/c1-4-9(2)14-18(15,16)11-5-6-12(17-3)10(7-11)8-13/h5-7,9,14H,4,8,13H2,1-3H3. The van der Waals surface area contributed by atoms with Gasteiger partial charge in [-0.1, -0.05) is 6.92 Å². The number of sulfonamides is 1. The summed E-state index contributed by atoms with van der Waals surface area (Å²) >= 11 is 0. The summed E-state index contributed by atoms with van der Waals surface area (Å²) in [4.78, 5) is 0.212. The molecule has 0 saturated carbocycles. The quantitative estimate of drug-likeness (QED) is 0.816. The average molecular weight is 272 g/mol. The van der Waals surface area contributed by atoms with Crippen molar-refractivity contribution in [2.45, 2.75) is 37.8 Å². The van der Waals surface area contributed by atoms with Crippen molar-refractivity contribution in [3.8, 4) is 5.75 Å². The highest BCUT2D eigenvalue weighted by Crippen LogP contribution is 2.22. The van der Waals surface area contributed by atoms with Crippen molar-refractivity contribution >= 4 is 10.0 Å². The van der Waals surface area contributed by atoms with Crippen LogP contribution in [0.3, 0.4) is 0 Å². The van der Waals surface area contributed by atoms with Gasteiger partial charge in [0.25, 0.3) is 0 Å². The smallest absolute Gasteiger partial charge is 0.240 e. The maximum Gasteiger partial charge on any atom is 0.240 e. The predicted molar refractivity (Wildman–Crippen MR) is 71.0 cm³/mol. The second-order valence-electron chi connectivity index (χ2n) is 4.11. The van der Waals surface area contributed by atoms with Gasteiger partial charge >= 0.3 is 0 Å². The Morgan fingerprint density at radius 3 is 2.61 bits per heavy atom. The normalized spacial score (nSPS) is 13.3. The summed E-state index contributed by atoms with van der Waals surface area (Å²) in [5.74, 6) is 0.597. The van der Waals surface area contributed by atoms with E-state index in [4.69, 9.17) is 10.5 Å². The number of hydrogen-bond acceptors (Lipinski definition) is 4. The highest BCUT2D eigenvalue weighted by Gasteiger charge is 2.17. The van der Waals surface area contributed by atoms with Crippen LogP contribution >= 0.6 is 0 Å². The van der Waals surface area contributed by atoms with Crippen LogP contribution in [0, 0.1) is 0 Å². The second-order valence-corrected chi connectivity index (χ2v) is 5.82. The summed E-state index contributed by atoms with van der Waals surface area (Å²) in [6.07, 6.45) is 0.735. The zero-order valence-corrected chi connectivity index (χ0v) is 11.8. The van der Waals surface area contributed by atoms with Crippen molar-refractivity contribution in [1.29, 1.82) is 0 Å². The van der Waals surface area contributed by atoms with Crippen LogP contribution in [0.15, 0.2) is 23.1 Å². The molecule has 0 amide bonds. The van der Waals surface area contributed by atoms with E-state index in [9.17, 15) is 8.42 Å². The Labute approximate surface area is 108 Å². The Balaban J connectivity index is 3.10. The van der Waals surface area contributed by atoms with Crippen LogP contribution in [0.4, 0.5) is 0 Å². The minimum Gasteiger partial charge on any atom is -0.496 e. The molecule has 5 nitrogen and oxygen atoms in total. The summed E-state index contributed by atoms with van der Waals surface area (Å²) in [5.41, 5.74) is 6.24. The number of benzene rings is 1. The third kappa shape index (κ3) is 3.44. The first-order valence-corrected chi connectivity index (χ1v) is 7.32. The molecule has 0 heterocycles. The second kappa shape index (κ2) is 6.17. The van der Waals surface area contributed by atoms with Gasteiger partial charge < -0.3 is 10.5 Å². The summed E-state index contributed by atoms with van der Waals surface area (Å²) in [7, 11) is -1.96. The van der Waals surface area contributed by atoms with Crippen molar-refractivity contribution in [3.05, 3.63) is 23.8 Å². The fourth-order valence-corrected chi connectivity index (χ4v) is 2.87. The Morgan fingerprint density at radius 1 is 1.44 bits per heavy atom. The molecule has 0 aliphatic rings. The molecule has 0 aliphatic carbocycles. The molecule has 18 heavy (non-hydrogen) atoms. The Hall–Kier alpha value is -1.11. The highest BCUT2D eigenvalue weighted by atomic mass is 32.2. The largest absolute Gasteiger partial charge is 0.496 e. The van der Waals surface area contributed by atoms with Crippen LogP contribution in [0.1, 0.15) is 25.8 Å². The molecule has 1 rings (SSSR count). The molecule has 102 valence electrons. The highest BCUT2D eigenvalue weighted by molar-refractivity contribution is 7.89. The molecule has 0 aliphatic heterocycles. The molecule has 0 spiro atoms. The number of nitrogens with one attached hydrogen (secondary N) is 1. The third-order valence-corrected chi connectivity index (χ3v) is 4.34. The minimum atomic E-state index is -3.49. The fourth-order valence-electron chi connectivity index (χ4n) is 1.50. The van der Waals surface area contributed by atoms with E-state index in [1.165, 1.54) is 13.2 Å². The number of nitrogens with two attached hydrogens (primary N) is 1. The Bertz CT molecular complexity index is 500. The van der Waals surface area contributed by atoms with Crippen molar-refractivity contribution in [1.82, 2.24) is 4.72 Å². The molecule has 1 aromatic rings. The molecule has 0 radical (unpaired) electrons. The SMILES string of the molecule is CCC(C)NS(=O)(=O)c1ccc(OC)c(CN)c1. The van der Waals surface area contributed by atoms with Gasteiger partial charge in [-0.3, -0.25) is 0 Å². The van der Waals surface area contributed by atoms with Gasteiger partial charge in [-0.05, 0) is 31.5 Å². The van der Waals surface area contributed by atoms with Gasteiger partial charge in [0.15, 0.2) is 0 Å². The Kier molecular flexibility index (Phi) is 5.13. The molecule has 0 aromatic heterocycles. The van der Waals surface area contributed by atoms with E-state index >= 15 is 0 Å². The molecule has 6 heteroatoms.